The Bertz CT molecular complexity index is 541. The lowest BCUT2D eigenvalue weighted by atomic mass is 10.2. The van der Waals surface area contributed by atoms with Crippen LogP contribution in [0.15, 0.2) is 36.7 Å². The quantitative estimate of drug-likeness (QED) is 0.827. The molecule has 1 amide bonds. The van der Waals surface area contributed by atoms with E-state index in [9.17, 15) is 4.79 Å². The van der Waals surface area contributed by atoms with Gasteiger partial charge in [-0.3, -0.25) is 9.78 Å². The summed E-state index contributed by atoms with van der Waals surface area (Å²) in [6.45, 7) is 3.28. The van der Waals surface area contributed by atoms with Crippen LogP contribution in [0.2, 0.25) is 0 Å². The van der Waals surface area contributed by atoms with E-state index in [1.165, 1.54) is 0 Å². The van der Waals surface area contributed by atoms with E-state index in [0.717, 1.165) is 18.5 Å². The first kappa shape index (κ1) is 13.9. The molecule has 6 heteroatoms. The highest BCUT2D eigenvalue weighted by molar-refractivity contribution is 5.92. The fourth-order valence-electron chi connectivity index (χ4n) is 1.69. The second kappa shape index (κ2) is 7.18. The van der Waals surface area contributed by atoms with E-state index in [0.29, 0.717) is 18.1 Å². The number of amides is 1. The Morgan fingerprint density at radius 3 is 2.80 bits per heavy atom. The first-order chi connectivity index (χ1) is 9.79. The van der Waals surface area contributed by atoms with Crippen molar-refractivity contribution in [1.29, 1.82) is 0 Å². The lowest BCUT2D eigenvalue weighted by Crippen LogP contribution is -2.26. The van der Waals surface area contributed by atoms with Crippen molar-refractivity contribution in [3.05, 3.63) is 47.9 Å². The number of nitrogens with one attached hydrogen (secondary N) is 2. The fraction of sp³-hybridized carbons (Fsp3) is 0.286. The number of hydrogen-bond acceptors (Lipinski definition) is 5. The molecule has 2 rings (SSSR count). The summed E-state index contributed by atoms with van der Waals surface area (Å²) < 4.78 is 0. The molecule has 2 N–H and O–H groups in total. The lowest BCUT2D eigenvalue weighted by molar-refractivity contribution is 0.0948. The van der Waals surface area contributed by atoms with Crippen LogP contribution in [-0.2, 0) is 6.42 Å². The number of aromatic nitrogens is 3. The van der Waals surface area contributed by atoms with Gasteiger partial charge in [-0.2, -0.15) is 0 Å². The van der Waals surface area contributed by atoms with Gasteiger partial charge in [0.1, 0.15) is 5.82 Å². The maximum atomic E-state index is 11.9. The van der Waals surface area contributed by atoms with Crippen molar-refractivity contribution in [1.82, 2.24) is 20.5 Å². The van der Waals surface area contributed by atoms with Crippen LogP contribution in [-0.4, -0.2) is 34.2 Å². The molecule has 0 aliphatic carbocycles. The lowest BCUT2D eigenvalue weighted by Gasteiger charge is -2.05. The monoisotopic (exact) mass is 271 g/mol. The first-order valence-electron chi connectivity index (χ1n) is 6.54. The summed E-state index contributed by atoms with van der Waals surface area (Å²) in [6, 6.07) is 7.25. The predicted octanol–water partition coefficient (Wildman–Crippen LogP) is 1.28. The summed E-state index contributed by atoms with van der Waals surface area (Å²) in [6.07, 6.45) is 4.25. The van der Waals surface area contributed by atoms with Gasteiger partial charge in [0.15, 0.2) is 5.69 Å². The maximum absolute atomic E-state index is 11.9. The number of rotatable bonds is 6. The van der Waals surface area contributed by atoms with Gasteiger partial charge in [-0.05, 0) is 37.1 Å². The summed E-state index contributed by atoms with van der Waals surface area (Å²) in [5.74, 6) is 0.448. The van der Waals surface area contributed by atoms with Crippen LogP contribution in [0.4, 0.5) is 5.82 Å². The molecule has 2 aromatic heterocycles. The minimum Gasteiger partial charge on any atom is -0.369 e. The molecule has 20 heavy (non-hydrogen) atoms. The van der Waals surface area contributed by atoms with Crippen LogP contribution in [0.3, 0.4) is 0 Å². The molecule has 2 heterocycles. The number of carbonyl (C=O) groups is 1. The SMILES string of the molecule is CCNc1ccc(C(=O)NCCc2cccnc2)nn1. The van der Waals surface area contributed by atoms with E-state index in [4.69, 9.17) is 0 Å². The average molecular weight is 271 g/mol. The number of nitrogens with zero attached hydrogens (tertiary/aromatic N) is 3. The van der Waals surface area contributed by atoms with Crippen LogP contribution in [0.5, 0.6) is 0 Å². The Labute approximate surface area is 117 Å². The van der Waals surface area contributed by atoms with Crippen molar-refractivity contribution in [3.63, 3.8) is 0 Å². The van der Waals surface area contributed by atoms with Gasteiger partial charge in [-0.15, -0.1) is 10.2 Å². The Morgan fingerprint density at radius 2 is 2.15 bits per heavy atom. The standard InChI is InChI=1S/C14H17N5O/c1-2-16-13-6-5-12(18-19-13)14(20)17-9-7-11-4-3-8-15-10-11/h3-6,8,10H,2,7,9H2,1H3,(H,16,19)(H,17,20). The van der Waals surface area contributed by atoms with Crippen molar-refractivity contribution in [2.75, 3.05) is 18.4 Å². The molecule has 0 radical (unpaired) electrons. The molecule has 104 valence electrons. The molecule has 0 atom stereocenters. The second-order valence-electron chi connectivity index (χ2n) is 4.20. The van der Waals surface area contributed by atoms with Crippen molar-refractivity contribution in [3.8, 4) is 0 Å². The number of hydrogen-bond donors (Lipinski definition) is 2. The highest BCUT2D eigenvalue weighted by atomic mass is 16.1. The Kier molecular flexibility index (Phi) is 5.00. The zero-order valence-electron chi connectivity index (χ0n) is 11.3. The third kappa shape index (κ3) is 4.01. The predicted molar refractivity (Wildman–Crippen MR) is 76.5 cm³/mol. The fourth-order valence-corrected chi connectivity index (χ4v) is 1.69. The summed E-state index contributed by atoms with van der Waals surface area (Å²) >= 11 is 0. The van der Waals surface area contributed by atoms with E-state index in [-0.39, 0.29) is 5.91 Å². The van der Waals surface area contributed by atoms with E-state index in [1.54, 1.807) is 24.5 Å². The molecule has 0 saturated heterocycles. The van der Waals surface area contributed by atoms with Gasteiger partial charge >= 0.3 is 0 Å². The van der Waals surface area contributed by atoms with Crippen LogP contribution < -0.4 is 10.6 Å². The highest BCUT2D eigenvalue weighted by Gasteiger charge is 2.07. The number of pyridine rings is 1. The maximum Gasteiger partial charge on any atom is 0.271 e. The number of carbonyl (C=O) groups excluding carboxylic acids is 1. The normalized spacial score (nSPS) is 10.1. The first-order valence-corrected chi connectivity index (χ1v) is 6.54. The Morgan fingerprint density at radius 1 is 1.25 bits per heavy atom. The molecule has 0 bridgehead atoms. The third-order valence-electron chi connectivity index (χ3n) is 2.68. The molecule has 0 spiro atoms. The molecule has 0 saturated carbocycles. The minimum atomic E-state index is -0.218. The largest absolute Gasteiger partial charge is 0.369 e. The molecule has 0 aliphatic heterocycles. The zero-order chi connectivity index (χ0) is 14.2. The van der Waals surface area contributed by atoms with Gasteiger partial charge in [0.25, 0.3) is 5.91 Å². The van der Waals surface area contributed by atoms with E-state index >= 15 is 0 Å². The van der Waals surface area contributed by atoms with Crippen LogP contribution in [0.25, 0.3) is 0 Å². The van der Waals surface area contributed by atoms with Crippen LogP contribution in [0, 0.1) is 0 Å². The average Bonchev–Trinajstić information content (AvgIpc) is 2.49. The smallest absolute Gasteiger partial charge is 0.271 e. The molecule has 0 aliphatic rings. The summed E-state index contributed by atoms with van der Waals surface area (Å²) in [5, 5.41) is 13.6. The molecular weight excluding hydrogens is 254 g/mol. The van der Waals surface area contributed by atoms with Crippen LogP contribution >= 0.6 is 0 Å². The van der Waals surface area contributed by atoms with Gasteiger partial charge in [-0.1, -0.05) is 6.07 Å². The van der Waals surface area contributed by atoms with Gasteiger partial charge in [0.05, 0.1) is 0 Å². The molecule has 0 unspecified atom stereocenters. The van der Waals surface area contributed by atoms with Crippen molar-refractivity contribution in [2.24, 2.45) is 0 Å². The van der Waals surface area contributed by atoms with Crippen molar-refractivity contribution in [2.45, 2.75) is 13.3 Å². The topological polar surface area (TPSA) is 79.8 Å². The summed E-state index contributed by atoms with van der Waals surface area (Å²) in [5.41, 5.74) is 1.40. The van der Waals surface area contributed by atoms with Crippen LogP contribution in [0.1, 0.15) is 23.0 Å². The van der Waals surface area contributed by atoms with E-state index in [2.05, 4.69) is 25.8 Å². The third-order valence-corrected chi connectivity index (χ3v) is 2.68. The summed E-state index contributed by atoms with van der Waals surface area (Å²) in [7, 11) is 0. The van der Waals surface area contributed by atoms with Gasteiger partial charge < -0.3 is 10.6 Å². The van der Waals surface area contributed by atoms with Crippen molar-refractivity contribution >= 4 is 11.7 Å². The Balaban J connectivity index is 1.82. The zero-order valence-corrected chi connectivity index (χ0v) is 11.3. The second-order valence-corrected chi connectivity index (χ2v) is 4.20. The van der Waals surface area contributed by atoms with Gasteiger partial charge in [0.2, 0.25) is 0 Å². The van der Waals surface area contributed by atoms with Crippen molar-refractivity contribution < 1.29 is 4.79 Å². The van der Waals surface area contributed by atoms with E-state index < -0.39 is 0 Å². The minimum absolute atomic E-state index is 0.218. The molecule has 0 fully saturated rings. The Hall–Kier alpha value is -2.50. The number of anilines is 1. The van der Waals surface area contributed by atoms with E-state index in [1.807, 2.05) is 19.1 Å². The molecule has 0 aromatic carbocycles. The summed E-state index contributed by atoms with van der Waals surface area (Å²) in [4.78, 5) is 15.9. The molecule has 2 aromatic rings. The molecular formula is C14H17N5O. The van der Waals surface area contributed by atoms with Gasteiger partial charge in [0, 0.05) is 25.5 Å². The highest BCUT2D eigenvalue weighted by Crippen LogP contribution is 2.01. The molecule has 6 nitrogen and oxygen atoms in total. The van der Waals surface area contributed by atoms with Gasteiger partial charge in [-0.25, -0.2) is 0 Å².